The zero-order valence-corrected chi connectivity index (χ0v) is 10.8. The molecule has 0 bridgehead atoms. The molecule has 0 radical (unpaired) electrons. The third kappa shape index (κ3) is 3.27. The maximum atomic E-state index is 11.9. The second-order valence-corrected chi connectivity index (χ2v) is 4.13. The van der Waals surface area contributed by atoms with Gasteiger partial charge in [-0.2, -0.15) is 0 Å². The van der Waals surface area contributed by atoms with Crippen molar-refractivity contribution in [3.8, 4) is 0 Å². The van der Waals surface area contributed by atoms with Crippen LogP contribution in [0.4, 0.5) is 10.5 Å². The summed E-state index contributed by atoms with van der Waals surface area (Å²) < 4.78 is 0. The molecular weight excluding hydrogens is 256 g/mol. The number of amides is 2. The van der Waals surface area contributed by atoms with Gasteiger partial charge in [0.1, 0.15) is 0 Å². The maximum Gasteiger partial charge on any atom is 0.322 e. The van der Waals surface area contributed by atoms with Crippen LogP contribution in [0.2, 0.25) is 5.02 Å². The van der Waals surface area contributed by atoms with E-state index < -0.39 is 12.1 Å². The van der Waals surface area contributed by atoms with Crippen LogP contribution in [0.1, 0.15) is 6.92 Å². The van der Waals surface area contributed by atoms with Gasteiger partial charge in [0, 0.05) is 7.05 Å². The van der Waals surface area contributed by atoms with Crippen molar-refractivity contribution >= 4 is 29.2 Å². The predicted molar refractivity (Wildman–Crippen MR) is 71.1 cm³/mol. The first kappa shape index (κ1) is 14.1. The van der Waals surface area contributed by atoms with Crippen LogP contribution in [-0.2, 0) is 0 Å². The summed E-state index contributed by atoms with van der Waals surface area (Å²) in [6.07, 6.45) is 0. The number of amidine groups is 1. The number of anilines is 1. The van der Waals surface area contributed by atoms with Crippen LogP contribution in [0, 0.1) is 0 Å². The Morgan fingerprint density at radius 1 is 1.56 bits per heavy atom. The lowest BCUT2D eigenvalue weighted by Gasteiger charge is -2.24. The molecule has 1 rings (SSSR count). The van der Waals surface area contributed by atoms with Crippen LogP contribution in [0.3, 0.4) is 0 Å². The third-order valence-electron chi connectivity index (χ3n) is 2.56. The minimum Gasteiger partial charge on any atom is -0.409 e. The molecule has 0 aromatic heterocycles. The van der Waals surface area contributed by atoms with Crippen molar-refractivity contribution in [2.24, 2.45) is 10.9 Å². The van der Waals surface area contributed by atoms with Crippen molar-refractivity contribution in [2.45, 2.75) is 13.0 Å². The van der Waals surface area contributed by atoms with Crippen molar-refractivity contribution in [3.63, 3.8) is 0 Å². The number of hydrogen-bond acceptors (Lipinski definition) is 3. The van der Waals surface area contributed by atoms with Crippen molar-refractivity contribution in [2.75, 3.05) is 12.4 Å². The lowest BCUT2D eigenvalue weighted by molar-refractivity contribution is 0.217. The number of oxime groups is 1. The minimum atomic E-state index is -0.530. The highest BCUT2D eigenvalue weighted by molar-refractivity contribution is 6.33. The molecule has 98 valence electrons. The van der Waals surface area contributed by atoms with Crippen LogP contribution in [0.5, 0.6) is 0 Å². The number of rotatable bonds is 3. The molecule has 0 heterocycles. The van der Waals surface area contributed by atoms with Crippen LogP contribution >= 0.6 is 11.6 Å². The molecule has 0 saturated carbocycles. The summed E-state index contributed by atoms with van der Waals surface area (Å²) in [7, 11) is 1.54. The quantitative estimate of drug-likeness (QED) is 0.339. The van der Waals surface area contributed by atoms with E-state index in [1.54, 1.807) is 31.2 Å². The smallest absolute Gasteiger partial charge is 0.322 e. The highest BCUT2D eigenvalue weighted by atomic mass is 35.5. The summed E-state index contributed by atoms with van der Waals surface area (Å²) in [5, 5.41) is 14.5. The van der Waals surface area contributed by atoms with E-state index >= 15 is 0 Å². The fourth-order valence-corrected chi connectivity index (χ4v) is 1.41. The summed E-state index contributed by atoms with van der Waals surface area (Å²) >= 11 is 5.92. The standard InChI is InChI=1S/C11H15ClN4O2/c1-7(10(13)15-18)16(2)11(17)14-9-6-4-3-5-8(9)12/h3-7,18H,1-2H3,(H2,13,15)(H,14,17). The lowest BCUT2D eigenvalue weighted by atomic mass is 10.3. The maximum absolute atomic E-state index is 11.9. The number of para-hydroxylation sites is 1. The molecule has 0 aliphatic rings. The molecule has 0 saturated heterocycles. The fourth-order valence-electron chi connectivity index (χ4n) is 1.22. The van der Waals surface area contributed by atoms with E-state index in [9.17, 15) is 4.79 Å². The third-order valence-corrected chi connectivity index (χ3v) is 2.89. The number of urea groups is 1. The van der Waals surface area contributed by atoms with E-state index in [0.29, 0.717) is 10.7 Å². The van der Waals surface area contributed by atoms with Gasteiger partial charge in [0.05, 0.1) is 16.8 Å². The van der Waals surface area contributed by atoms with Gasteiger partial charge in [0.2, 0.25) is 0 Å². The van der Waals surface area contributed by atoms with Crippen molar-refractivity contribution in [3.05, 3.63) is 29.3 Å². The first-order chi connectivity index (χ1) is 8.47. The first-order valence-corrected chi connectivity index (χ1v) is 5.61. The second-order valence-electron chi connectivity index (χ2n) is 3.72. The zero-order chi connectivity index (χ0) is 13.7. The van der Waals surface area contributed by atoms with Gasteiger partial charge in [-0.25, -0.2) is 4.79 Å². The van der Waals surface area contributed by atoms with E-state index in [2.05, 4.69) is 10.5 Å². The normalized spacial score (nSPS) is 12.9. The summed E-state index contributed by atoms with van der Waals surface area (Å²) in [6, 6.07) is 5.95. The van der Waals surface area contributed by atoms with Gasteiger partial charge in [-0.05, 0) is 19.1 Å². The molecule has 0 spiro atoms. The second kappa shape index (κ2) is 6.11. The van der Waals surface area contributed by atoms with Crippen LogP contribution in [-0.4, -0.2) is 35.1 Å². The Bertz CT molecular complexity index is 464. The molecule has 1 unspecified atom stereocenters. The monoisotopic (exact) mass is 270 g/mol. The Morgan fingerprint density at radius 3 is 2.72 bits per heavy atom. The van der Waals surface area contributed by atoms with Crippen molar-refractivity contribution in [1.82, 2.24) is 4.90 Å². The summed E-state index contributed by atoms with van der Waals surface area (Å²) in [5.74, 6) is -0.0493. The number of nitrogens with one attached hydrogen (secondary N) is 1. The topological polar surface area (TPSA) is 91.0 Å². The molecule has 1 atom stereocenters. The predicted octanol–water partition coefficient (Wildman–Crippen LogP) is 1.94. The summed E-state index contributed by atoms with van der Waals surface area (Å²) in [4.78, 5) is 13.2. The number of likely N-dealkylation sites (N-methyl/N-ethyl adjacent to an activating group) is 1. The van der Waals surface area contributed by atoms with E-state index in [1.807, 2.05) is 0 Å². The molecule has 4 N–H and O–H groups in total. The minimum absolute atomic E-state index is 0.0493. The highest BCUT2D eigenvalue weighted by Gasteiger charge is 2.19. The van der Waals surface area contributed by atoms with Crippen molar-refractivity contribution in [1.29, 1.82) is 0 Å². The van der Waals surface area contributed by atoms with Gasteiger partial charge in [-0.15, -0.1) is 0 Å². The Balaban J connectivity index is 2.75. The Kier molecular flexibility index (Phi) is 4.79. The van der Waals surface area contributed by atoms with Crippen LogP contribution in [0.25, 0.3) is 0 Å². The zero-order valence-electron chi connectivity index (χ0n) is 10.1. The van der Waals surface area contributed by atoms with Gasteiger partial charge in [-0.3, -0.25) is 0 Å². The number of halogens is 1. The van der Waals surface area contributed by atoms with E-state index in [1.165, 1.54) is 11.9 Å². The van der Waals surface area contributed by atoms with Gasteiger partial charge < -0.3 is 21.2 Å². The molecule has 18 heavy (non-hydrogen) atoms. The number of nitrogens with zero attached hydrogens (tertiary/aromatic N) is 2. The van der Waals surface area contributed by atoms with E-state index in [0.717, 1.165) is 0 Å². The van der Waals surface area contributed by atoms with E-state index in [4.69, 9.17) is 22.5 Å². The van der Waals surface area contributed by atoms with Gasteiger partial charge in [0.25, 0.3) is 0 Å². The number of carbonyl (C=O) groups excluding carboxylic acids is 1. The highest BCUT2D eigenvalue weighted by Crippen LogP contribution is 2.20. The first-order valence-electron chi connectivity index (χ1n) is 5.23. The summed E-state index contributed by atoms with van der Waals surface area (Å²) in [6.45, 7) is 1.64. The molecular formula is C11H15ClN4O2. The van der Waals surface area contributed by atoms with Crippen molar-refractivity contribution < 1.29 is 10.0 Å². The van der Waals surface area contributed by atoms with E-state index in [-0.39, 0.29) is 5.84 Å². The lowest BCUT2D eigenvalue weighted by Crippen LogP contribution is -2.45. The molecule has 7 heteroatoms. The molecule has 0 aliphatic carbocycles. The molecule has 0 fully saturated rings. The Hall–Kier alpha value is -1.95. The Labute approximate surface area is 110 Å². The molecule has 6 nitrogen and oxygen atoms in total. The average Bonchev–Trinajstić information content (AvgIpc) is 2.38. The number of carbonyl (C=O) groups is 1. The fraction of sp³-hybridized carbons (Fsp3) is 0.273. The Morgan fingerprint density at radius 2 is 2.17 bits per heavy atom. The van der Waals surface area contributed by atoms with Crippen LogP contribution < -0.4 is 11.1 Å². The van der Waals surface area contributed by atoms with Crippen LogP contribution in [0.15, 0.2) is 29.4 Å². The molecule has 1 aromatic rings. The SMILES string of the molecule is CC(C(N)=NO)N(C)C(=O)Nc1ccccc1Cl. The van der Waals surface area contributed by atoms with Gasteiger partial charge in [0.15, 0.2) is 5.84 Å². The molecule has 0 aliphatic heterocycles. The molecule has 2 amide bonds. The number of hydrogen-bond donors (Lipinski definition) is 3. The average molecular weight is 271 g/mol. The summed E-state index contributed by atoms with van der Waals surface area (Å²) in [5.41, 5.74) is 5.93. The number of benzene rings is 1. The number of nitrogens with two attached hydrogens (primary N) is 1. The van der Waals surface area contributed by atoms with Gasteiger partial charge in [-0.1, -0.05) is 28.9 Å². The van der Waals surface area contributed by atoms with Gasteiger partial charge >= 0.3 is 6.03 Å². The largest absolute Gasteiger partial charge is 0.409 e. The molecule has 1 aromatic carbocycles.